The van der Waals surface area contributed by atoms with Crippen molar-refractivity contribution in [3.63, 3.8) is 0 Å². The molecule has 1 aromatic heterocycles. The highest BCUT2D eigenvalue weighted by Crippen LogP contribution is 2.12. The molecule has 1 aromatic carbocycles. The first-order valence-corrected chi connectivity index (χ1v) is 5.64. The zero-order valence-corrected chi connectivity index (χ0v) is 10.3. The van der Waals surface area contributed by atoms with Crippen LogP contribution in [0.3, 0.4) is 0 Å². The molecule has 0 fully saturated rings. The van der Waals surface area contributed by atoms with Crippen LogP contribution in [0.1, 0.15) is 32.0 Å². The molecule has 0 bridgehead atoms. The maximum atomic E-state index is 12.3. The average molecular weight is 256 g/mol. The van der Waals surface area contributed by atoms with Crippen LogP contribution < -0.4 is 11.3 Å². The molecule has 1 heterocycles. The molecule has 5 nitrogen and oxygen atoms in total. The summed E-state index contributed by atoms with van der Waals surface area (Å²) >= 11 is 0. The average Bonchev–Trinajstić information content (AvgIpc) is 2.38. The Balaban J connectivity index is 2.57. The molecule has 0 spiro atoms. The largest absolute Gasteiger partial charge is 0.365 e. The van der Waals surface area contributed by atoms with Gasteiger partial charge >= 0.3 is 0 Å². The summed E-state index contributed by atoms with van der Waals surface area (Å²) < 4.78 is 0. The van der Waals surface area contributed by atoms with Crippen molar-refractivity contribution < 1.29 is 9.59 Å². The third-order valence-electron chi connectivity index (χ3n) is 2.78. The molecule has 2 rings (SSSR count). The number of rotatable bonds is 3. The monoisotopic (exact) mass is 256 g/mol. The molecule has 0 saturated heterocycles. The fourth-order valence-corrected chi connectivity index (χ4v) is 1.79. The number of benzene rings is 1. The maximum absolute atomic E-state index is 12.3. The predicted molar refractivity (Wildman–Crippen MR) is 70.2 cm³/mol. The minimum atomic E-state index is -0.858. The minimum Gasteiger partial charge on any atom is -0.365 e. The number of aromatic amines is 1. The fraction of sp³-hybridized carbons (Fsp3) is 0.0714. The summed E-state index contributed by atoms with van der Waals surface area (Å²) in [5, 5.41) is 0. The number of aryl methyl sites for hydroxylation is 1. The zero-order valence-electron chi connectivity index (χ0n) is 10.3. The van der Waals surface area contributed by atoms with Crippen LogP contribution >= 0.6 is 0 Å². The lowest BCUT2D eigenvalue weighted by Crippen LogP contribution is -2.25. The van der Waals surface area contributed by atoms with Gasteiger partial charge in [-0.25, -0.2) is 0 Å². The van der Waals surface area contributed by atoms with Gasteiger partial charge in [0.15, 0.2) is 5.78 Å². The summed E-state index contributed by atoms with van der Waals surface area (Å²) in [7, 11) is 0. The lowest BCUT2D eigenvalue weighted by Gasteiger charge is -2.06. The smallest absolute Gasteiger partial charge is 0.261 e. The van der Waals surface area contributed by atoms with Gasteiger partial charge in [-0.3, -0.25) is 14.4 Å². The van der Waals surface area contributed by atoms with E-state index in [1.807, 2.05) is 0 Å². The molecular weight excluding hydrogens is 244 g/mol. The van der Waals surface area contributed by atoms with Gasteiger partial charge in [-0.1, -0.05) is 30.3 Å². The second-order valence-electron chi connectivity index (χ2n) is 4.11. The van der Waals surface area contributed by atoms with E-state index in [9.17, 15) is 14.4 Å². The van der Waals surface area contributed by atoms with Crippen LogP contribution in [0.4, 0.5) is 0 Å². The number of aromatic nitrogens is 1. The Morgan fingerprint density at radius 1 is 1.11 bits per heavy atom. The summed E-state index contributed by atoms with van der Waals surface area (Å²) in [5.41, 5.74) is 5.45. The number of pyridine rings is 1. The summed E-state index contributed by atoms with van der Waals surface area (Å²) in [6, 6.07) is 9.84. The first-order chi connectivity index (χ1) is 9.00. The number of H-pyrrole nitrogens is 1. The van der Waals surface area contributed by atoms with E-state index in [0.717, 1.165) is 0 Å². The van der Waals surface area contributed by atoms with Crippen LogP contribution in [-0.4, -0.2) is 16.7 Å². The van der Waals surface area contributed by atoms with Gasteiger partial charge in [0.05, 0.1) is 0 Å². The molecule has 0 unspecified atom stereocenters. The number of carbonyl (C=O) groups excluding carboxylic acids is 2. The number of hydrogen-bond donors (Lipinski definition) is 2. The molecule has 2 aromatic rings. The van der Waals surface area contributed by atoms with Gasteiger partial charge in [-0.15, -0.1) is 0 Å². The van der Waals surface area contributed by atoms with Gasteiger partial charge in [0.1, 0.15) is 5.56 Å². The molecule has 96 valence electrons. The lowest BCUT2D eigenvalue weighted by molar-refractivity contribution is 0.0999. The molecule has 0 aliphatic heterocycles. The van der Waals surface area contributed by atoms with Gasteiger partial charge < -0.3 is 10.7 Å². The third-order valence-corrected chi connectivity index (χ3v) is 2.78. The fourth-order valence-electron chi connectivity index (χ4n) is 1.79. The second-order valence-corrected chi connectivity index (χ2v) is 4.11. The van der Waals surface area contributed by atoms with Crippen LogP contribution in [0.2, 0.25) is 0 Å². The SMILES string of the molecule is Cc1[nH]c(=O)c(C(N)=O)cc1C(=O)c1ccccc1. The highest BCUT2D eigenvalue weighted by molar-refractivity contribution is 6.10. The van der Waals surface area contributed by atoms with Crippen molar-refractivity contribution in [2.75, 3.05) is 0 Å². The molecule has 19 heavy (non-hydrogen) atoms. The van der Waals surface area contributed by atoms with Crippen molar-refractivity contribution >= 4 is 11.7 Å². The molecule has 0 aliphatic rings. The van der Waals surface area contributed by atoms with E-state index in [1.54, 1.807) is 37.3 Å². The third kappa shape index (κ3) is 2.44. The van der Waals surface area contributed by atoms with Crippen LogP contribution in [0.25, 0.3) is 0 Å². The van der Waals surface area contributed by atoms with E-state index in [-0.39, 0.29) is 16.9 Å². The molecule has 0 radical (unpaired) electrons. The summed E-state index contributed by atoms with van der Waals surface area (Å²) in [6.45, 7) is 1.60. The van der Waals surface area contributed by atoms with Crippen LogP contribution in [0.5, 0.6) is 0 Å². The number of nitrogens with one attached hydrogen (secondary N) is 1. The van der Waals surface area contributed by atoms with Gasteiger partial charge in [0, 0.05) is 16.8 Å². The Morgan fingerprint density at radius 2 is 1.74 bits per heavy atom. The van der Waals surface area contributed by atoms with Gasteiger partial charge in [-0.2, -0.15) is 0 Å². The van der Waals surface area contributed by atoms with E-state index in [2.05, 4.69) is 4.98 Å². The molecule has 0 aliphatic carbocycles. The Bertz CT molecular complexity index is 702. The van der Waals surface area contributed by atoms with Crippen molar-refractivity contribution in [3.05, 3.63) is 69.1 Å². The highest BCUT2D eigenvalue weighted by atomic mass is 16.2. The highest BCUT2D eigenvalue weighted by Gasteiger charge is 2.16. The molecule has 0 atom stereocenters. The first kappa shape index (κ1) is 12.8. The second kappa shape index (κ2) is 4.89. The Morgan fingerprint density at radius 3 is 2.32 bits per heavy atom. The van der Waals surface area contributed by atoms with E-state index in [1.165, 1.54) is 6.07 Å². The van der Waals surface area contributed by atoms with Crippen molar-refractivity contribution in [3.8, 4) is 0 Å². The summed E-state index contributed by atoms with van der Waals surface area (Å²) in [6.07, 6.45) is 0. The first-order valence-electron chi connectivity index (χ1n) is 5.64. The lowest BCUT2D eigenvalue weighted by atomic mass is 10.0. The Labute approximate surface area is 109 Å². The Kier molecular flexibility index (Phi) is 3.29. The summed E-state index contributed by atoms with van der Waals surface area (Å²) in [4.78, 5) is 37.4. The predicted octanol–water partition coefficient (Wildman–Crippen LogP) is 1.01. The molecule has 0 saturated carbocycles. The van der Waals surface area contributed by atoms with Crippen molar-refractivity contribution in [2.24, 2.45) is 5.73 Å². The van der Waals surface area contributed by atoms with Crippen LogP contribution in [-0.2, 0) is 0 Å². The minimum absolute atomic E-state index is 0.218. The zero-order chi connectivity index (χ0) is 14.0. The van der Waals surface area contributed by atoms with E-state index in [0.29, 0.717) is 11.3 Å². The van der Waals surface area contributed by atoms with Crippen LogP contribution in [0, 0.1) is 6.92 Å². The molecule has 3 N–H and O–H groups in total. The van der Waals surface area contributed by atoms with Crippen molar-refractivity contribution in [1.82, 2.24) is 4.98 Å². The van der Waals surface area contributed by atoms with E-state index < -0.39 is 11.5 Å². The van der Waals surface area contributed by atoms with Gasteiger partial charge in [0.2, 0.25) is 0 Å². The van der Waals surface area contributed by atoms with E-state index >= 15 is 0 Å². The van der Waals surface area contributed by atoms with Crippen molar-refractivity contribution in [1.29, 1.82) is 0 Å². The molecule has 5 heteroatoms. The topological polar surface area (TPSA) is 93.0 Å². The Hall–Kier alpha value is -2.69. The number of primary amides is 1. The standard InChI is InChI=1S/C14H12N2O3/c1-8-10(7-11(13(15)18)14(19)16-8)12(17)9-5-3-2-4-6-9/h2-7H,1H3,(H2,15,18)(H,16,19). The normalized spacial score (nSPS) is 10.2. The number of nitrogens with two attached hydrogens (primary N) is 1. The summed E-state index contributed by atoms with van der Waals surface area (Å²) in [5.74, 6) is -1.12. The van der Waals surface area contributed by atoms with Gasteiger partial charge in [0.25, 0.3) is 11.5 Å². The number of hydrogen-bond acceptors (Lipinski definition) is 3. The van der Waals surface area contributed by atoms with Gasteiger partial charge in [-0.05, 0) is 13.0 Å². The number of ketones is 1. The maximum Gasteiger partial charge on any atom is 0.261 e. The molecular formula is C14H12N2O3. The number of amides is 1. The van der Waals surface area contributed by atoms with Crippen molar-refractivity contribution in [2.45, 2.75) is 6.92 Å². The molecule has 1 amide bonds. The van der Waals surface area contributed by atoms with Crippen LogP contribution in [0.15, 0.2) is 41.2 Å². The quantitative estimate of drug-likeness (QED) is 0.803. The van der Waals surface area contributed by atoms with E-state index in [4.69, 9.17) is 5.73 Å². The number of carbonyl (C=O) groups is 2.